The van der Waals surface area contributed by atoms with Crippen molar-refractivity contribution in [3.8, 4) is 5.75 Å². The molecule has 1 fully saturated rings. The van der Waals surface area contributed by atoms with Crippen LogP contribution in [-0.4, -0.2) is 65.5 Å². The van der Waals surface area contributed by atoms with Crippen LogP contribution in [-0.2, 0) is 5.92 Å². The van der Waals surface area contributed by atoms with Crippen molar-refractivity contribution in [2.24, 2.45) is 0 Å². The lowest BCUT2D eigenvalue weighted by molar-refractivity contribution is -0.290. The zero-order valence-electron chi connectivity index (χ0n) is 17.8. The van der Waals surface area contributed by atoms with Gasteiger partial charge in [-0.2, -0.15) is 22.0 Å². The van der Waals surface area contributed by atoms with E-state index < -0.39 is 46.1 Å². The van der Waals surface area contributed by atoms with Crippen molar-refractivity contribution in [2.75, 3.05) is 26.2 Å². The molecule has 3 N–H and O–H groups in total. The number of aromatic nitrogens is 1. The number of nitrogens with zero attached hydrogens (tertiary/aromatic N) is 1. The summed E-state index contributed by atoms with van der Waals surface area (Å²) >= 11 is 11.8. The third-order valence-corrected chi connectivity index (χ3v) is 6.84. The summed E-state index contributed by atoms with van der Waals surface area (Å²) in [6.07, 6.45) is -5.96. The van der Waals surface area contributed by atoms with Crippen LogP contribution < -0.4 is 14.9 Å². The first-order valence-corrected chi connectivity index (χ1v) is 11.8. The van der Waals surface area contributed by atoms with E-state index in [-0.39, 0.29) is 24.0 Å². The smallest absolute Gasteiger partial charge is 0.459 e. The summed E-state index contributed by atoms with van der Waals surface area (Å²) in [5, 5.41) is 13.1. The molecular weight excluding hydrogens is 544 g/mol. The summed E-state index contributed by atoms with van der Waals surface area (Å²) in [6, 6.07) is 4.93. The van der Waals surface area contributed by atoms with Gasteiger partial charge in [0.05, 0.1) is 16.1 Å². The maximum Gasteiger partial charge on any atom is 0.459 e. The maximum absolute atomic E-state index is 13.7. The third-order valence-electron chi connectivity index (χ3n) is 5.22. The molecule has 0 unspecified atom stereocenters. The van der Waals surface area contributed by atoms with Gasteiger partial charge in [0.15, 0.2) is 0 Å². The largest absolute Gasteiger partial charge is 0.490 e. The molecule has 2 aromatic rings. The van der Waals surface area contributed by atoms with Crippen LogP contribution >= 0.6 is 34.5 Å². The molecule has 15 heteroatoms. The van der Waals surface area contributed by atoms with Gasteiger partial charge in [-0.15, -0.1) is 0 Å². The predicted molar refractivity (Wildman–Crippen MR) is 120 cm³/mol. The number of hydrogen-bond acceptors (Lipinski definition) is 6. The minimum absolute atomic E-state index is 0.0695. The fraction of sp³-hybridized carbons (Fsp3) is 0.500. The van der Waals surface area contributed by atoms with Crippen molar-refractivity contribution in [3.05, 3.63) is 48.5 Å². The zero-order chi connectivity index (χ0) is 26.0. The number of aliphatic hydroxyl groups excluding tert-OH is 1. The molecule has 1 atom stereocenters. The number of halogens is 7. The molecule has 0 spiro atoms. The number of amides is 1. The Balaban J connectivity index is 1.48. The molecule has 0 radical (unpaired) electrons. The van der Waals surface area contributed by atoms with Crippen molar-refractivity contribution in [3.63, 3.8) is 0 Å². The first-order valence-electron chi connectivity index (χ1n) is 10.3. The number of hydrogen-bond donors (Lipinski definition) is 3. The first kappa shape index (κ1) is 27.7. The van der Waals surface area contributed by atoms with Crippen LogP contribution in [0, 0.1) is 0 Å². The van der Waals surface area contributed by atoms with Gasteiger partial charge in [-0.1, -0.05) is 34.5 Å². The highest BCUT2D eigenvalue weighted by Gasteiger charge is 2.61. The fourth-order valence-electron chi connectivity index (χ4n) is 3.46. The Morgan fingerprint density at radius 3 is 2.49 bits per heavy atom. The lowest BCUT2D eigenvalue weighted by Gasteiger charge is -2.33. The third kappa shape index (κ3) is 6.85. The second-order valence-electron chi connectivity index (χ2n) is 7.85. The number of H-pyrrole nitrogens is 1. The topological polar surface area (TPSA) is 94.7 Å². The first-order chi connectivity index (χ1) is 16.3. The Morgan fingerprint density at radius 2 is 1.89 bits per heavy atom. The molecule has 7 nitrogen and oxygen atoms in total. The molecule has 1 aliphatic heterocycles. The van der Waals surface area contributed by atoms with Gasteiger partial charge in [0, 0.05) is 32.2 Å². The van der Waals surface area contributed by atoms with E-state index in [0.29, 0.717) is 41.7 Å². The molecule has 3 rings (SSSR count). The second-order valence-corrected chi connectivity index (χ2v) is 9.65. The van der Waals surface area contributed by atoms with E-state index >= 15 is 0 Å². The number of rotatable bonds is 8. The van der Waals surface area contributed by atoms with E-state index in [2.05, 4.69) is 5.32 Å². The monoisotopic (exact) mass is 563 g/mol. The van der Waals surface area contributed by atoms with Crippen LogP contribution in [0.2, 0.25) is 10.0 Å². The molecule has 0 aliphatic carbocycles. The lowest BCUT2D eigenvalue weighted by atomic mass is 10.1. The van der Waals surface area contributed by atoms with Gasteiger partial charge in [-0.25, -0.2) is 0 Å². The number of piperidine rings is 1. The number of carbonyl (C=O) groups excluding carboxylic acids is 1. The quantitative estimate of drug-likeness (QED) is 0.421. The number of aromatic amines is 1. The summed E-state index contributed by atoms with van der Waals surface area (Å²) in [5.74, 6) is -6.16. The van der Waals surface area contributed by atoms with Crippen molar-refractivity contribution >= 4 is 40.4 Å². The van der Waals surface area contributed by atoms with Gasteiger partial charge in [0.25, 0.3) is 5.91 Å². The lowest BCUT2D eigenvalue weighted by Crippen LogP contribution is -2.45. The number of likely N-dealkylation sites (tertiary alicyclic amines) is 1. The van der Waals surface area contributed by atoms with E-state index in [1.54, 1.807) is 18.2 Å². The Morgan fingerprint density at radius 1 is 1.23 bits per heavy atom. The average molecular weight is 564 g/mol. The molecule has 1 aromatic heterocycles. The number of ether oxygens (including phenoxy) is 1. The van der Waals surface area contributed by atoms with E-state index in [0.717, 1.165) is 0 Å². The van der Waals surface area contributed by atoms with Crippen LogP contribution in [0.4, 0.5) is 22.0 Å². The number of carbonyl (C=O) groups is 1. The number of β-amino-alcohol motifs (C(OH)–C–C–N with tert-alkyl or cyclic N) is 1. The zero-order valence-corrected chi connectivity index (χ0v) is 20.1. The summed E-state index contributed by atoms with van der Waals surface area (Å²) in [7, 11) is 0. The van der Waals surface area contributed by atoms with Crippen LogP contribution in [0.25, 0.3) is 0 Å². The van der Waals surface area contributed by atoms with E-state index in [4.69, 9.17) is 27.9 Å². The van der Waals surface area contributed by atoms with Gasteiger partial charge in [0.2, 0.25) is 0 Å². The van der Waals surface area contributed by atoms with Crippen molar-refractivity contribution < 1.29 is 36.6 Å². The molecule has 1 saturated heterocycles. The van der Waals surface area contributed by atoms with E-state index in [1.807, 2.05) is 4.90 Å². The Labute approximate surface area is 209 Å². The number of benzene rings is 1. The molecule has 1 amide bonds. The molecule has 194 valence electrons. The van der Waals surface area contributed by atoms with Gasteiger partial charge in [0.1, 0.15) is 22.4 Å². The van der Waals surface area contributed by atoms with Crippen molar-refractivity contribution in [1.29, 1.82) is 0 Å². The maximum atomic E-state index is 13.7. The summed E-state index contributed by atoms with van der Waals surface area (Å²) in [5.41, 5.74) is -1.82. The van der Waals surface area contributed by atoms with Crippen LogP contribution in [0.3, 0.4) is 0 Å². The molecule has 1 aromatic carbocycles. The summed E-state index contributed by atoms with van der Waals surface area (Å²) in [6.45, 7) is 0.813. The predicted octanol–water partition coefficient (Wildman–Crippen LogP) is 4.03. The van der Waals surface area contributed by atoms with Crippen molar-refractivity contribution in [2.45, 2.75) is 37.1 Å². The summed E-state index contributed by atoms with van der Waals surface area (Å²) in [4.78, 5) is 24.5. The number of nitrogens with one attached hydrogen (secondary N) is 2. The fourth-order valence-corrected chi connectivity index (χ4v) is 4.53. The van der Waals surface area contributed by atoms with Crippen molar-refractivity contribution in [1.82, 2.24) is 15.2 Å². The summed E-state index contributed by atoms with van der Waals surface area (Å²) < 4.78 is 71.2. The highest BCUT2D eigenvalue weighted by Crippen LogP contribution is 2.44. The number of alkyl halides is 5. The molecule has 1 aliphatic rings. The van der Waals surface area contributed by atoms with Gasteiger partial charge >= 0.3 is 17.0 Å². The van der Waals surface area contributed by atoms with E-state index in [1.165, 1.54) is 4.98 Å². The van der Waals surface area contributed by atoms with Gasteiger partial charge in [-0.3, -0.25) is 9.59 Å². The molecular formula is C20H20Cl2F5N3O4S. The second kappa shape index (κ2) is 11.0. The molecule has 35 heavy (non-hydrogen) atoms. The number of aliphatic hydroxyl groups is 1. The highest BCUT2D eigenvalue weighted by molar-refractivity contribution is 7.11. The molecule has 2 heterocycles. The van der Waals surface area contributed by atoms with Crippen LogP contribution in [0.1, 0.15) is 28.2 Å². The van der Waals surface area contributed by atoms with Crippen LogP contribution in [0.5, 0.6) is 5.75 Å². The standard InChI is InChI=1S/C20H20Cl2F5N3O4S/c21-13-2-1-12(7-14(13)22)34-11-3-5-30(6-4-11)9-10(31)8-28-17(32)15-16(29-18(33)35-15)19(23,24)20(25,26)27/h1-2,7,10-11,31H,3-6,8-9H2,(H,28,32)(H,29,33)/t10-/m1/s1. The highest BCUT2D eigenvalue weighted by atomic mass is 35.5. The van der Waals surface area contributed by atoms with Gasteiger partial charge < -0.3 is 25.0 Å². The van der Waals surface area contributed by atoms with E-state index in [9.17, 15) is 36.6 Å². The molecule has 0 saturated carbocycles. The Bertz CT molecular complexity index is 1100. The normalized spacial score (nSPS) is 16.8. The average Bonchev–Trinajstić information content (AvgIpc) is 3.18. The molecule has 0 bridgehead atoms. The minimum atomic E-state index is -6.00. The SMILES string of the molecule is O=C(NC[C@@H](O)CN1CCC(Oc2ccc(Cl)c(Cl)c2)CC1)c1sc(=O)[nH]c1C(F)(F)C(F)(F)F. The number of thiazole rings is 1. The minimum Gasteiger partial charge on any atom is -0.490 e. The van der Waals surface area contributed by atoms with Crippen LogP contribution in [0.15, 0.2) is 23.0 Å². The Kier molecular flexibility index (Phi) is 8.69. The Hall–Kier alpha value is -1.93. The van der Waals surface area contributed by atoms with Gasteiger partial charge in [-0.05, 0) is 25.0 Å².